The molecule has 0 saturated carbocycles. The molecule has 3 aromatic rings. The van der Waals surface area contributed by atoms with Gasteiger partial charge in [-0.15, -0.1) is 11.8 Å². The lowest BCUT2D eigenvalue weighted by atomic mass is 10.0. The summed E-state index contributed by atoms with van der Waals surface area (Å²) in [6.45, 7) is 0.703. The molecule has 0 spiro atoms. The maximum absolute atomic E-state index is 13.3. The molecule has 1 aliphatic rings. The summed E-state index contributed by atoms with van der Waals surface area (Å²) in [6.07, 6.45) is 0. The van der Waals surface area contributed by atoms with Gasteiger partial charge in [-0.05, 0) is 29.3 Å². The van der Waals surface area contributed by atoms with Crippen molar-refractivity contribution in [3.63, 3.8) is 0 Å². The van der Waals surface area contributed by atoms with Crippen LogP contribution in [-0.2, 0) is 0 Å². The van der Waals surface area contributed by atoms with Crippen LogP contribution in [-0.4, -0.2) is 37.3 Å². The molecule has 1 atom stereocenters. The minimum Gasteiger partial charge on any atom is -0.493 e. The Kier molecular flexibility index (Phi) is 5.76. The van der Waals surface area contributed by atoms with Gasteiger partial charge < -0.3 is 14.4 Å². The molecule has 1 saturated heterocycles. The predicted molar refractivity (Wildman–Crippen MR) is 118 cm³/mol. The molecule has 1 heterocycles. The first kappa shape index (κ1) is 19.4. The number of rotatable bonds is 5. The zero-order valence-electron chi connectivity index (χ0n) is 16.5. The zero-order chi connectivity index (χ0) is 20.2. The van der Waals surface area contributed by atoms with Gasteiger partial charge in [-0.2, -0.15) is 0 Å². The summed E-state index contributed by atoms with van der Waals surface area (Å²) in [5.41, 5.74) is 3.90. The van der Waals surface area contributed by atoms with Crippen molar-refractivity contribution in [2.45, 2.75) is 5.37 Å². The predicted octanol–water partition coefficient (Wildman–Crippen LogP) is 5.26. The number of amides is 1. The summed E-state index contributed by atoms with van der Waals surface area (Å²) in [7, 11) is 3.26. The van der Waals surface area contributed by atoms with Gasteiger partial charge in [0.2, 0.25) is 0 Å². The monoisotopic (exact) mass is 405 g/mol. The van der Waals surface area contributed by atoms with Crippen LogP contribution in [0.4, 0.5) is 0 Å². The Labute approximate surface area is 175 Å². The van der Waals surface area contributed by atoms with E-state index in [0.29, 0.717) is 23.6 Å². The van der Waals surface area contributed by atoms with Crippen LogP contribution in [0.5, 0.6) is 11.5 Å². The van der Waals surface area contributed by atoms with Crippen molar-refractivity contribution in [3.05, 3.63) is 83.9 Å². The van der Waals surface area contributed by atoms with Gasteiger partial charge in [0.1, 0.15) is 5.37 Å². The standard InChI is InChI=1S/C24H23NO3S/c1-27-21-10-6-9-20(22(21)28-2)24-25(15-16-29-24)23(26)19-13-11-18(12-14-19)17-7-4-3-5-8-17/h3-14,24H,15-16H2,1-2H3. The smallest absolute Gasteiger partial charge is 0.255 e. The highest BCUT2D eigenvalue weighted by Gasteiger charge is 2.33. The van der Waals surface area contributed by atoms with E-state index in [4.69, 9.17) is 9.47 Å². The lowest BCUT2D eigenvalue weighted by molar-refractivity contribution is 0.0759. The summed E-state index contributed by atoms with van der Waals surface area (Å²) in [5, 5.41) is -0.0960. The lowest BCUT2D eigenvalue weighted by Gasteiger charge is -2.26. The van der Waals surface area contributed by atoms with Crippen molar-refractivity contribution < 1.29 is 14.3 Å². The van der Waals surface area contributed by atoms with Crippen LogP contribution in [0.3, 0.4) is 0 Å². The second-order valence-electron chi connectivity index (χ2n) is 6.75. The molecule has 1 amide bonds. The average Bonchev–Trinajstić information content (AvgIpc) is 3.28. The molecule has 0 aromatic heterocycles. The Morgan fingerprint density at radius 3 is 2.31 bits per heavy atom. The normalized spacial score (nSPS) is 15.9. The van der Waals surface area contributed by atoms with Gasteiger partial charge in [-0.3, -0.25) is 4.79 Å². The van der Waals surface area contributed by atoms with Gasteiger partial charge in [-0.1, -0.05) is 54.6 Å². The van der Waals surface area contributed by atoms with Crippen LogP contribution in [0.1, 0.15) is 21.3 Å². The number of nitrogens with zero attached hydrogens (tertiary/aromatic N) is 1. The quantitative estimate of drug-likeness (QED) is 0.580. The summed E-state index contributed by atoms with van der Waals surface area (Å²) in [4.78, 5) is 15.2. The number of thioether (sulfide) groups is 1. The lowest BCUT2D eigenvalue weighted by Crippen LogP contribution is -2.30. The fourth-order valence-corrected chi connectivity index (χ4v) is 4.92. The van der Waals surface area contributed by atoms with E-state index < -0.39 is 0 Å². The SMILES string of the molecule is COc1cccc(C2SCCN2C(=O)c2ccc(-c3ccccc3)cc2)c1OC. The number of hydrogen-bond acceptors (Lipinski definition) is 4. The third kappa shape index (κ3) is 3.83. The Bertz CT molecular complexity index is 989. The van der Waals surface area contributed by atoms with Crippen LogP contribution in [0.2, 0.25) is 0 Å². The van der Waals surface area contributed by atoms with Gasteiger partial charge in [0, 0.05) is 23.4 Å². The van der Waals surface area contributed by atoms with Crippen molar-refractivity contribution in [2.75, 3.05) is 26.5 Å². The first-order valence-corrected chi connectivity index (χ1v) is 10.6. The molecule has 148 valence electrons. The minimum atomic E-state index is -0.0960. The van der Waals surface area contributed by atoms with Crippen LogP contribution < -0.4 is 9.47 Å². The molecule has 1 unspecified atom stereocenters. The summed E-state index contributed by atoms with van der Waals surface area (Å²) in [5.74, 6) is 2.28. The van der Waals surface area contributed by atoms with Gasteiger partial charge in [0.05, 0.1) is 14.2 Å². The van der Waals surface area contributed by atoms with Gasteiger partial charge in [-0.25, -0.2) is 0 Å². The molecule has 4 nitrogen and oxygen atoms in total. The number of ether oxygens (including phenoxy) is 2. The Hall–Kier alpha value is -2.92. The van der Waals surface area contributed by atoms with Crippen molar-refractivity contribution in [2.24, 2.45) is 0 Å². The topological polar surface area (TPSA) is 38.8 Å². The van der Waals surface area contributed by atoms with Crippen molar-refractivity contribution in [1.29, 1.82) is 0 Å². The van der Waals surface area contributed by atoms with E-state index in [1.165, 1.54) is 0 Å². The van der Waals surface area contributed by atoms with Crippen molar-refractivity contribution in [3.8, 4) is 22.6 Å². The second-order valence-corrected chi connectivity index (χ2v) is 7.94. The highest BCUT2D eigenvalue weighted by Crippen LogP contribution is 2.45. The van der Waals surface area contributed by atoms with Crippen LogP contribution in [0.25, 0.3) is 11.1 Å². The minimum absolute atomic E-state index is 0.0319. The highest BCUT2D eigenvalue weighted by atomic mass is 32.2. The molecule has 3 aromatic carbocycles. The van der Waals surface area contributed by atoms with Crippen LogP contribution in [0, 0.1) is 0 Å². The molecule has 5 heteroatoms. The molecule has 4 rings (SSSR count). The molecule has 1 fully saturated rings. The largest absolute Gasteiger partial charge is 0.493 e. The van der Waals surface area contributed by atoms with E-state index in [0.717, 1.165) is 22.4 Å². The molecular weight excluding hydrogens is 382 g/mol. The maximum Gasteiger partial charge on any atom is 0.255 e. The fourth-order valence-electron chi connectivity index (χ4n) is 3.64. The number of benzene rings is 3. The number of carbonyl (C=O) groups excluding carboxylic acids is 1. The summed E-state index contributed by atoms with van der Waals surface area (Å²) >= 11 is 1.74. The van der Waals surface area contributed by atoms with E-state index in [1.54, 1.807) is 26.0 Å². The molecule has 0 N–H and O–H groups in total. The molecule has 1 aliphatic heterocycles. The van der Waals surface area contributed by atoms with E-state index >= 15 is 0 Å². The van der Waals surface area contributed by atoms with Gasteiger partial charge in [0.25, 0.3) is 5.91 Å². The Balaban J connectivity index is 1.60. The number of carbonyl (C=O) groups is 1. The Morgan fingerprint density at radius 2 is 1.62 bits per heavy atom. The second kappa shape index (κ2) is 8.62. The number of hydrogen-bond donors (Lipinski definition) is 0. The highest BCUT2D eigenvalue weighted by molar-refractivity contribution is 7.99. The summed E-state index contributed by atoms with van der Waals surface area (Å²) < 4.78 is 11.0. The van der Waals surface area contributed by atoms with E-state index in [9.17, 15) is 4.79 Å². The third-order valence-electron chi connectivity index (χ3n) is 5.09. The molecular formula is C24H23NO3S. The zero-order valence-corrected chi connectivity index (χ0v) is 17.3. The fraction of sp³-hybridized carbons (Fsp3) is 0.208. The first-order chi connectivity index (χ1) is 14.2. The van der Waals surface area contributed by atoms with E-state index in [1.807, 2.05) is 65.6 Å². The first-order valence-electron chi connectivity index (χ1n) is 9.52. The van der Waals surface area contributed by atoms with Crippen molar-refractivity contribution in [1.82, 2.24) is 4.90 Å². The van der Waals surface area contributed by atoms with Crippen molar-refractivity contribution >= 4 is 17.7 Å². The third-order valence-corrected chi connectivity index (χ3v) is 6.33. The van der Waals surface area contributed by atoms with Crippen LogP contribution >= 0.6 is 11.8 Å². The average molecular weight is 406 g/mol. The Morgan fingerprint density at radius 1 is 0.897 bits per heavy atom. The molecule has 29 heavy (non-hydrogen) atoms. The molecule has 0 radical (unpaired) electrons. The van der Waals surface area contributed by atoms with E-state index in [2.05, 4.69) is 12.1 Å². The number of para-hydroxylation sites is 1. The number of methoxy groups -OCH3 is 2. The van der Waals surface area contributed by atoms with Gasteiger partial charge >= 0.3 is 0 Å². The van der Waals surface area contributed by atoms with Crippen LogP contribution in [0.15, 0.2) is 72.8 Å². The molecule has 0 bridgehead atoms. The maximum atomic E-state index is 13.3. The summed E-state index contributed by atoms with van der Waals surface area (Å²) in [6, 6.07) is 23.8. The molecule has 0 aliphatic carbocycles. The van der Waals surface area contributed by atoms with E-state index in [-0.39, 0.29) is 11.3 Å². The van der Waals surface area contributed by atoms with Gasteiger partial charge in [0.15, 0.2) is 11.5 Å².